The summed E-state index contributed by atoms with van der Waals surface area (Å²) in [7, 11) is 0. The average Bonchev–Trinajstić information content (AvgIpc) is 2.58. The Morgan fingerprint density at radius 3 is 2.37 bits per heavy atom. The largest absolute Gasteiger partial charge is 0.492 e. The van der Waals surface area contributed by atoms with Crippen molar-refractivity contribution in [2.24, 2.45) is 0 Å². The molecule has 3 nitrogen and oxygen atoms in total. The zero-order chi connectivity index (χ0) is 20.2. The van der Waals surface area contributed by atoms with E-state index in [1.807, 2.05) is 0 Å². The van der Waals surface area contributed by atoms with Crippen molar-refractivity contribution in [3.8, 4) is 5.75 Å². The third-order valence-corrected chi connectivity index (χ3v) is 3.74. The molecule has 0 amide bonds. The van der Waals surface area contributed by atoms with Crippen molar-refractivity contribution in [1.82, 2.24) is 4.98 Å². The van der Waals surface area contributed by atoms with Crippen molar-refractivity contribution in [2.75, 3.05) is 6.61 Å². The van der Waals surface area contributed by atoms with Gasteiger partial charge >= 0.3 is 12.4 Å². The maximum atomic E-state index is 12.8. The molecular weight excluding hydrogens is 400 g/mol. The Labute approximate surface area is 154 Å². The molecule has 0 radical (unpaired) electrons. The van der Waals surface area contributed by atoms with Crippen LogP contribution in [0.4, 0.5) is 26.3 Å². The van der Waals surface area contributed by atoms with E-state index in [1.54, 1.807) is 0 Å². The smallest absolute Gasteiger partial charge is 0.434 e. The Morgan fingerprint density at radius 2 is 1.78 bits per heavy atom. The van der Waals surface area contributed by atoms with Crippen LogP contribution in [-0.4, -0.2) is 17.4 Å². The Bertz CT molecular complexity index is 820. The van der Waals surface area contributed by atoms with Crippen LogP contribution >= 0.6 is 11.6 Å². The maximum absolute atomic E-state index is 12.8. The summed E-state index contributed by atoms with van der Waals surface area (Å²) in [4.78, 5) is 15.2. The molecule has 0 saturated heterocycles. The predicted molar refractivity (Wildman–Crippen MR) is 84.8 cm³/mol. The molecule has 1 aromatic heterocycles. The van der Waals surface area contributed by atoms with E-state index >= 15 is 0 Å². The van der Waals surface area contributed by atoms with Gasteiger partial charge in [-0.15, -0.1) is 0 Å². The number of carbonyl (C=O) groups is 1. The summed E-state index contributed by atoms with van der Waals surface area (Å²) in [6, 6.07) is 4.79. The fraction of sp³-hybridized carbons (Fsp3) is 0.294. The lowest BCUT2D eigenvalue weighted by atomic mass is 10.0. The predicted octanol–water partition coefficient (Wildman–Crippen LogP) is 5.81. The van der Waals surface area contributed by atoms with Gasteiger partial charge in [0.15, 0.2) is 11.5 Å². The number of pyridine rings is 1. The lowest BCUT2D eigenvalue weighted by molar-refractivity contribution is -0.141. The molecule has 0 aliphatic rings. The van der Waals surface area contributed by atoms with Gasteiger partial charge in [0.05, 0.1) is 17.2 Å². The summed E-state index contributed by atoms with van der Waals surface area (Å²) in [6.07, 6.45) is -8.57. The van der Waals surface area contributed by atoms with Crippen LogP contribution in [-0.2, 0) is 12.4 Å². The molecule has 1 heterocycles. The van der Waals surface area contributed by atoms with E-state index in [0.717, 1.165) is 24.4 Å². The monoisotopic (exact) mass is 411 g/mol. The molecule has 0 fully saturated rings. The van der Waals surface area contributed by atoms with Crippen molar-refractivity contribution in [2.45, 2.75) is 25.2 Å². The number of nitrogens with zero attached hydrogens (tertiary/aromatic N) is 1. The van der Waals surface area contributed by atoms with Crippen LogP contribution in [0.2, 0.25) is 5.02 Å². The number of aromatic nitrogens is 1. The number of carbonyl (C=O) groups excluding carboxylic acids is 1. The molecule has 0 saturated carbocycles. The first-order valence-corrected chi connectivity index (χ1v) is 7.93. The minimum Gasteiger partial charge on any atom is -0.492 e. The number of alkyl halides is 6. The second-order valence-corrected chi connectivity index (χ2v) is 5.82. The van der Waals surface area contributed by atoms with Crippen LogP contribution in [0.15, 0.2) is 36.5 Å². The summed E-state index contributed by atoms with van der Waals surface area (Å²) in [6.45, 7) is -0.113. The molecule has 0 N–H and O–H groups in total. The van der Waals surface area contributed by atoms with Gasteiger partial charge in [-0.25, -0.2) is 0 Å². The first kappa shape index (κ1) is 21.0. The van der Waals surface area contributed by atoms with Gasteiger partial charge in [0, 0.05) is 18.2 Å². The summed E-state index contributed by atoms with van der Waals surface area (Å²) in [5.74, 6) is -0.785. The molecule has 0 aliphatic carbocycles. The molecule has 0 aliphatic heterocycles. The third-order valence-electron chi connectivity index (χ3n) is 3.44. The molecule has 1 aromatic carbocycles. The number of rotatable bonds is 6. The summed E-state index contributed by atoms with van der Waals surface area (Å²) in [5.41, 5.74) is -2.74. The van der Waals surface area contributed by atoms with Crippen molar-refractivity contribution in [3.63, 3.8) is 0 Å². The van der Waals surface area contributed by atoms with Crippen LogP contribution in [0, 0.1) is 0 Å². The van der Waals surface area contributed by atoms with Gasteiger partial charge in [0.25, 0.3) is 0 Å². The van der Waals surface area contributed by atoms with E-state index in [-0.39, 0.29) is 30.2 Å². The number of ketones is 1. The van der Waals surface area contributed by atoms with E-state index in [4.69, 9.17) is 16.3 Å². The number of benzene rings is 1. The molecule has 2 aromatic rings. The van der Waals surface area contributed by atoms with Gasteiger partial charge < -0.3 is 4.74 Å². The molecule has 146 valence electrons. The second-order valence-electron chi connectivity index (χ2n) is 5.42. The molecular formula is C17H12ClF6NO2. The third kappa shape index (κ3) is 5.59. The Morgan fingerprint density at radius 1 is 1.07 bits per heavy atom. The second kappa shape index (κ2) is 8.16. The van der Waals surface area contributed by atoms with Gasteiger partial charge in [0.2, 0.25) is 0 Å². The molecule has 10 heteroatoms. The molecule has 0 atom stereocenters. The zero-order valence-electron chi connectivity index (χ0n) is 13.5. The molecule has 27 heavy (non-hydrogen) atoms. The highest BCUT2D eigenvalue weighted by Crippen LogP contribution is 2.35. The highest BCUT2D eigenvalue weighted by Gasteiger charge is 2.36. The van der Waals surface area contributed by atoms with Crippen LogP contribution in [0.1, 0.15) is 34.5 Å². The van der Waals surface area contributed by atoms with Gasteiger partial charge in [-0.3, -0.25) is 9.78 Å². The van der Waals surface area contributed by atoms with Gasteiger partial charge in [-0.05, 0) is 36.8 Å². The molecule has 2 rings (SSSR count). The normalized spacial score (nSPS) is 12.1. The first-order valence-electron chi connectivity index (χ1n) is 7.55. The number of Topliss-reactive ketones (excluding diaryl/α,β-unsaturated/α-hetero) is 1. The molecule has 0 bridgehead atoms. The van der Waals surface area contributed by atoms with Gasteiger partial charge in [0.1, 0.15) is 5.75 Å². The fourth-order valence-corrected chi connectivity index (χ4v) is 2.44. The van der Waals surface area contributed by atoms with Gasteiger partial charge in [-0.1, -0.05) is 11.6 Å². The van der Waals surface area contributed by atoms with Crippen molar-refractivity contribution < 1.29 is 35.9 Å². The van der Waals surface area contributed by atoms with Crippen LogP contribution in [0.5, 0.6) is 5.75 Å². The summed E-state index contributed by atoms with van der Waals surface area (Å²) < 4.78 is 81.4. The minimum atomic E-state index is -4.75. The zero-order valence-corrected chi connectivity index (χ0v) is 14.3. The first-order chi connectivity index (χ1) is 12.5. The highest BCUT2D eigenvalue weighted by molar-refractivity contribution is 6.32. The van der Waals surface area contributed by atoms with Crippen LogP contribution in [0.25, 0.3) is 0 Å². The summed E-state index contributed by atoms with van der Waals surface area (Å²) in [5, 5.41) is -0.261. The topological polar surface area (TPSA) is 39.2 Å². The lowest BCUT2D eigenvalue weighted by Crippen LogP contribution is -2.15. The van der Waals surface area contributed by atoms with E-state index in [0.29, 0.717) is 6.07 Å². The van der Waals surface area contributed by atoms with E-state index in [2.05, 4.69) is 4.98 Å². The number of hydrogen-bond acceptors (Lipinski definition) is 3. The number of hydrogen-bond donors (Lipinski definition) is 0. The van der Waals surface area contributed by atoms with Crippen molar-refractivity contribution in [3.05, 3.63) is 58.4 Å². The van der Waals surface area contributed by atoms with E-state index in [1.165, 1.54) is 6.07 Å². The maximum Gasteiger partial charge on any atom is 0.434 e. The summed E-state index contributed by atoms with van der Waals surface area (Å²) >= 11 is 5.72. The highest BCUT2D eigenvalue weighted by atomic mass is 35.5. The molecule has 0 spiro atoms. The van der Waals surface area contributed by atoms with Crippen LogP contribution < -0.4 is 4.74 Å². The minimum absolute atomic E-state index is 0.0190. The number of halogens is 7. The standard InChI is InChI=1S/C17H12ClF6NO2/c18-12-9-10(16(19,20)21)5-6-14(12)27-8-2-4-13(26)11-3-1-7-25-15(11)17(22,23)24/h1,3,5-7,9H,2,4,8H2. The van der Waals surface area contributed by atoms with Crippen molar-refractivity contribution >= 4 is 17.4 Å². The Hall–Kier alpha value is -2.29. The van der Waals surface area contributed by atoms with Gasteiger partial charge in [-0.2, -0.15) is 26.3 Å². The Kier molecular flexibility index (Phi) is 6.35. The lowest BCUT2D eigenvalue weighted by Gasteiger charge is -2.12. The van der Waals surface area contributed by atoms with Crippen molar-refractivity contribution in [1.29, 1.82) is 0 Å². The fourth-order valence-electron chi connectivity index (χ4n) is 2.20. The van der Waals surface area contributed by atoms with E-state index in [9.17, 15) is 31.1 Å². The SMILES string of the molecule is O=C(CCCOc1ccc(C(F)(F)F)cc1Cl)c1cccnc1C(F)(F)F. The Balaban J connectivity index is 1.94. The van der Waals surface area contributed by atoms with E-state index < -0.39 is 35.0 Å². The molecule has 0 unspecified atom stereocenters. The quantitative estimate of drug-likeness (QED) is 0.342. The average molecular weight is 412 g/mol. The van der Waals surface area contributed by atoms with Crippen LogP contribution in [0.3, 0.4) is 0 Å². The number of ether oxygens (including phenoxy) is 1.